The number of hydrogen-bond donors (Lipinski definition) is 2. The summed E-state index contributed by atoms with van der Waals surface area (Å²) in [6, 6.07) is 0. The zero-order valence-corrected chi connectivity index (χ0v) is 7.16. The van der Waals surface area contributed by atoms with Gasteiger partial charge in [0.2, 0.25) is 10.0 Å². The van der Waals surface area contributed by atoms with Crippen LogP contribution in [0.15, 0.2) is 0 Å². The van der Waals surface area contributed by atoms with Crippen molar-refractivity contribution >= 4 is 10.0 Å². The Balaban J connectivity index is 3.65. The molecule has 0 aromatic rings. The highest BCUT2D eigenvalue weighted by atomic mass is 32.2. The van der Waals surface area contributed by atoms with Crippen molar-refractivity contribution in [2.75, 3.05) is 25.9 Å². The summed E-state index contributed by atoms with van der Waals surface area (Å²) in [5.74, 6) is 0.150. The molecule has 62 valence electrons. The van der Waals surface area contributed by atoms with E-state index in [4.69, 9.17) is 0 Å². The lowest BCUT2D eigenvalue weighted by Gasteiger charge is -2.02. The first-order chi connectivity index (χ1) is 4.62. The fourth-order valence-corrected chi connectivity index (χ4v) is 1.59. The maximum Gasteiger partial charge on any atom is 0.212 e. The molecule has 0 fully saturated rings. The average molecular weight is 166 g/mol. The van der Waals surface area contributed by atoms with Gasteiger partial charge in [-0.05, 0) is 7.05 Å². The average Bonchev–Trinajstić information content (AvgIpc) is 1.84. The summed E-state index contributed by atoms with van der Waals surface area (Å²) in [5.41, 5.74) is 0. The molecule has 0 bridgehead atoms. The van der Waals surface area contributed by atoms with E-state index in [1.165, 1.54) is 0 Å². The van der Waals surface area contributed by atoms with Crippen LogP contribution in [0.25, 0.3) is 0 Å². The first-order valence-electron chi connectivity index (χ1n) is 3.24. The second-order valence-corrected chi connectivity index (χ2v) is 3.85. The van der Waals surface area contributed by atoms with Crippen molar-refractivity contribution in [2.24, 2.45) is 0 Å². The summed E-state index contributed by atoms with van der Waals surface area (Å²) in [5, 5.41) is 2.76. The van der Waals surface area contributed by atoms with E-state index in [1.54, 1.807) is 14.0 Å². The fraction of sp³-hybridized carbons (Fsp3) is 1.00. The molecule has 0 heterocycles. The van der Waals surface area contributed by atoms with Gasteiger partial charge in [0.1, 0.15) is 0 Å². The molecular weight excluding hydrogens is 152 g/mol. The summed E-state index contributed by atoms with van der Waals surface area (Å²) in [7, 11) is -1.28. The van der Waals surface area contributed by atoms with Gasteiger partial charge in [-0.15, -0.1) is 0 Å². The highest BCUT2D eigenvalue weighted by molar-refractivity contribution is 7.89. The highest BCUT2D eigenvalue weighted by Crippen LogP contribution is 1.79. The standard InChI is InChI=1S/C5H14N2O2S/c1-3-7-10(8,9)5-4-6-2/h6-7H,3-5H2,1-2H3. The molecule has 0 aliphatic heterocycles. The third-order valence-electron chi connectivity index (χ3n) is 0.985. The van der Waals surface area contributed by atoms with E-state index in [1.807, 2.05) is 0 Å². The van der Waals surface area contributed by atoms with Gasteiger partial charge in [0.15, 0.2) is 0 Å². The molecule has 0 radical (unpaired) electrons. The minimum absolute atomic E-state index is 0.150. The predicted octanol–water partition coefficient (Wildman–Crippen LogP) is -0.855. The number of hydrogen-bond acceptors (Lipinski definition) is 3. The van der Waals surface area contributed by atoms with Crippen molar-refractivity contribution in [2.45, 2.75) is 6.92 Å². The van der Waals surface area contributed by atoms with Gasteiger partial charge in [0.25, 0.3) is 0 Å². The molecule has 0 spiro atoms. The van der Waals surface area contributed by atoms with Crippen LogP contribution >= 0.6 is 0 Å². The van der Waals surface area contributed by atoms with Crippen LogP contribution in [0.1, 0.15) is 6.92 Å². The summed E-state index contributed by atoms with van der Waals surface area (Å²) in [4.78, 5) is 0. The molecule has 2 N–H and O–H groups in total. The zero-order valence-electron chi connectivity index (χ0n) is 6.35. The molecule has 0 aromatic heterocycles. The molecule has 0 rings (SSSR count). The van der Waals surface area contributed by atoms with Gasteiger partial charge < -0.3 is 5.32 Å². The monoisotopic (exact) mass is 166 g/mol. The van der Waals surface area contributed by atoms with E-state index in [9.17, 15) is 8.42 Å². The van der Waals surface area contributed by atoms with Crippen LogP contribution in [-0.2, 0) is 10.0 Å². The Hall–Kier alpha value is -0.130. The first-order valence-corrected chi connectivity index (χ1v) is 4.89. The Kier molecular flexibility index (Phi) is 4.59. The van der Waals surface area contributed by atoms with Gasteiger partial charge in [-0.3, -0.25) is 0 Å². The van der Waals surface area contributed by atoms with E-state index < -0.39 is 10.0 Å². The van der Waals surface area contributed by atoms with E-state index >= 15 is 0 Å². The Morgan fingerprint density at radius 2 is 2.00 bits per heavy atom. The van der Waals surface area contributed by atoms with Gasteiger partial charge in [0, 0.05) is 13.1 Å². The Morgan fingerprint density at radius 3 is 2.40 bits per heavy atom. The Morgan fingerprint density at radius 1 is 1.40 bits per heavy atom. The fourth-order valence-electron chi connectivity index (χ4n) is 0.529. The normalized spacial score (nSPS) is 11.8. The third kappa shape index (κ3) is 4.72. The van der Waals surface area contributed by atoms with E-state index in [0.717, 1.165) is 0 Å². The molecule has 0 unspecified atom stereocenters. The SMILES string of the molecule is CCNS(=O)(=O)CCNC. The second kappa shape index (κ2) is 4.65. The Labute approximate surface area is 62.1 Å². The molecular formula is C5H14N2O2S. The zero-order chi connectivity index (χ0) is 8.04. The van der Waals surface area contributed by atoms with Crippen molar-refractivity contribution in [3.05, 3.63) is 0 Å². The molecule has 0 aliphatic carbocycles. The molecule has 0 atom stereocenters. The first kappa shape index (κ1) is 9.87. The van der Waals surface area contributed by atoms with Crippen molar-refractivity contribution in [3.8, 4) is 0 Å². The minimum Gasteiger partial charge on any atom is -0.319 e. The second-order valence-electron chi connectivity index (χ2n) is 1.92. The van der Waals surface area contributed by atoms with Gasteiger partial charge in [-0.25, -0.2) is 13.1 Å². The van der Waals surface area contributed by atoms with Crippen LogP contribution < -0.4 is 10.0 Å². The van der Waals surface area contributed by atoms with E-state index in [-0.39, 0.29) is 5.75 Å². The topological polar surface area (TPSA) is 58.2 Å². The minimum atomic E-state index is -3.01. The van der Waals surface area contributed by atoms with E-state index in [2.05, 4.69) is 10.0 Å². The lowest BCUT2D eigenvalue weighted by atomic mass is 10.8. The van der Waals surface area contributed by atoms with Crippen LogP contribution in [0.2, 0.25) is 0 Å². The van der Waals surface area contributed by atoms with Gasteiger partial charge in [-0.2, -0.15) is 0 Å². The predicted molar refractivity (Wildman–Crippen MR) is 41.4 cm³/mol. The number of sulfonamides is 1. The number of rotatable bonds is 5. The van der Waals surface area contributed by atoms with Crippen LogP contribution in [0.3, 0.4) is 0 Å². The lowest BCUT2D eigenvalue weighted by molar-refractivity contribution is 0.581. The maximum absolute atomic E-state index is 10.8. The van der Waals surface area contributed by atoms with Gasteiger partial charge in [0.05, 0.1) is 5.75 Å². The van der Waals surface area contributed by atoms with Crippen molar-refractivity contribution < 1.29 is 8.42 Å². The highest BCUT2D eigenvalue weighted by Gasteiger charge is 2.05. The van der Waals surface area contributed by atoms with Crippen LogP contribution in [0.4, 0.5) is 0 Å². The summed E-state index contributed by atoms with van der Waals surface area (Å²) >= 11 is 0. The molecule has 4 nitrogen and oxygen atoms in total. The number of nitrogens with one attached hydrogen (secondary N) is 2. The molecule has 0 saturated carbocycles. The van der Waals surface area contributed by atoms with E-state index in [0.29, 0.717) is 13.1 Å². The molecule has 5 heteroatoms. The molecule has 0 aromatic carbocycles. The Bertz CT molecular complexity index is 164. The molecule has 0 aliphatic rings. The summed E-state index contributed by atoms with van der Waals surface area (Å²) < 4.78 is 24.1. The van der Waals surface area contributed by atoms with Gasteiger partial charge in [-0.1, -0.05) is 6.92 Å². The molecule has 0 saturated heterocycles. The van der Waals surface area contributed by atoms with Crippen LogP contribution in [0, 0.1) is 0 Å². The van der Waals surface area contributed by atoms with Crippen LogP contribution in [0.5, 0.6) is 0 Å². The summed E-state index contributed by atoms with van der Waals surface area (Å²) in [6.45, 7) is 2.72. The van der Waals surface area contributed by atoms with Gasteiger partial charge >= 0.3 is 0 Å². The smallest absolute Gasteiger partial charge is 0.212 e. The van der Waals surface area contributed by atoms with Crippen molar-refractivity contribution in [3.63, 3.8) is 0 Å². The quantitative estimate of drug-likeness (QED) is 0.559. The largest absolute Gasteiger partial charge is 0.319 e. The van der Waals surface area contributed by atoms with Crippen LogP contribution in [-0.4, -0.2) is 34.3 Å². The van der Waals surface area contributed by atoms with Crippen molar-refractivity contribution in [1.82, 2.24) is 10.0 Å². The molecule has 10 heavy (non-hydrogen) atoms. The third-order valence-corrected chi connectivity index (χ3v) is 2.46. The van der Waals surface area contributed by atoms with Crippen molar-refractivity contribution in [1.29, 1.82) is 0 Å². The molecule has 0 amide bonds. The summed E-state index contributed by atoms with van der Waals surface area (Å²) in [6.07, 6.45) is 0. The maximum atomic E-state index is 10.8. The lowest BCUT2D eigenvalue weighted by Crippen LogP contribution is -2.30.